The third kappa shape index (κ3) is 11.0. The molecule has 2 nitrogen and oxygen atoms in total. The molecule has 0 saturated heterocycles. The van der Waals surface area contributed by atoms with Gasteiger partial charge in [0, 0.05) is 13.2 Å². The first-order chi connectivity index (χ1) is 8.74. The molecule has 0 fully saturated rings. The zero-order valence-electron chi connectivity index (χ0n) is 13.1. The van der Waals surface area contributed by atoms with Crippen molar-refractivity contribution in [2.24, 2.45) is 0 Å². The van der Waals surface area contributed by atoms with Crippen LogP contribution in [-0.4, -0.2) is 25.8 Å². The molecule has 0 amide bonds. The first-order valence-corrected chi connectivity index (χ1v) is 8.00. The van der Waals surface area contributed by atoms with Crippen LogP contribution in [0, 0.1) is 0 Å². The Balaban J connectivity index is 3.56. The van der Waals surface area contributed by atoms with Crippen LogP contribution in [0.15, 0.2) is 0 Å². The maximum absolute atomic E-state index is 5.32. The molecule has 0 saturated carbocycles. The molecular formula is C16H35NO. The fraction of sp³-hybridized carbons (Fsp3) is 1.00. The summed E-state index contributed by atoms with van der Waals surface area (Å²) in [6.07, 6.45) is 12.5. The van der Waals surface area contributed by atoms with E-state index in [1.54, 1.807) is 7.11 Å². The van der Waals surface area contributed by atoms with Gasteiger partial charge in [0.1, 0.15) is 0 Å². The highest BCUT2D eigenvalue weighted by Crippen LogP contribution is 2.13. The average molecular weight is 257 g/mol. The fourth-order valence-corrected chi connectivity index (χ4v) is 2.36. The van der Waals surface area contributed by atoms with Gasteiger partial charge in [-0.25, -0.2) is 0 Å². The summed E-state index contributed by atoms with van der Waals surface area (Å²) in [5.41, 5.74) is 0. The van der Waals surface area contributed by atoms with E-state index in [-0.39, 0.29) is 0 Å². The Labute approximate surface area is 115 Å². The van der Waals surface area contributed by atoms with Gasteiger partial charge in [0.15, 0.2) is 0 Å². The lowest BCUT2D eigenvalue weighted by molar-refractivity contribution is 0.105. The van der Waals surface area contributed by atoms with E-state index in [1.807, 2.05) is 0 Å². The molecule has 0 aromatic rings. The average Bonchev–Trinajstić information content (AvgIpc) is 2.39. The summed E-state index contributed by atoms with van der Waals surface area (Å²) in [4.78, 5) is 0. The highest BCUT2D eigenvalue weighted by atomic mass is 16.5. The van der Waals surface area contributed by atoms with Gasteiger partial charge in [0.25, 0.3) is 0 Å². The molecule has 0 aromatic carbocycles. The van der Waals surface area contributed by atoms with Gasteiger partial charge in [-0.1, -0.05) is 52.4 Å². The third-order valence-electron chi connectivity index (χ3n) is 3.72. The molecule has 0 heterocycles. The van der Waals surface area contributed by atoms with Gasteiger partial charge in [-0.15, -0.1) is 0 Å². The number of methoxy groups -OCH3 is 1. The molecule has 0 rings (SSSR count). The van der Waals surface area contributed by atoms with Crippen LogP contribution in [0.5, 0.6) is 0 Å². The summed E-state index contributed by atoms with van der Waals surface area (Å²) >= 11 is 0. The van der Waals surface area contributed by atoms with E-state index in [1.165, 1.54) is 57.8 Å². The smallest absolute Gasteiger partial charge is 0.0543 e. The van der Waals surface area contributed by atoms with Crippen molar-refractivity contribution in [3.8, 4) is 0 Å². The van der Waals surface area contributed by atoms with E-state index in [2.05, 4.69) is 26.1 Å². The van der Waals surface area contributed by atoms with Gasteiger partial charge in [-0.3, -0.25) is 0 Å². The molecule has 0 aliphatic heterocycles. The second-order valence-corrected chi connectivity index (χ2v) is 5.43. The normalized spacial score (nSPS) is 14.7. The van der Waals surface area contributed by atoms with Crippen molar-refractivity contribution in [1.29, 1.82) is 0 Å². The van der Waals surface area contributed by atoms with Crippen LogP contribution < -0.4 is 5.32 Å². The lowest BCUT2D eigenvalue weighted by atomic mass is 10.0. The standard InChI is InChI=1S/C16H35NO/c1-5-7-8-9-10-11-12-16(17-6-2)14-13-15(3)18-4/h15-17H,5-14H2,1-4H3. The van der Waals surface area contributed by atoms with Crippen molar-refractivity contribution in [1.82, 2.24) is 5.32 Å². The van der Waals surface area contributed by atoms with Crippen LogP contribution in [0.1, 0.15) is 78.6 Å². The predicted molar refractivity (Wildman–Crippen MR) is 81.2 cm³/mol. The molecule has 0 aliphatic rings. The van der Waals surface area contributed by atoms with E-state index < -0.39 is 0 Å². The van der Waals surface area contributed by atoms with Crippen LogP contribution in [0.4, 0.5) is 0 Å². The Bertz CT molecular complexity index is 161. The minimum atomic E-state index is 0.399. The van der Waals surface area contributed by atoms with Crippen LogP contribution in [0.3, 0.4) is 0 Å². The van der Waals surface area contributed by atoms with E-state index >= 15 is 0 Å². The monoisotopic (exact) mass is 257 g/mol. The molecule has 2 atom stereocenters. The number of ether oxygens (including phenoxy) is 1. The van der Waals surface area contributed by atoms with Crippen LogP contribution in [0.2, 0.25) is 0 Å². The van der Waals surface area contributed by atoms with E-state index in [4.69, 9.17) is 4.74 Å². The van der Waals surface area contributed by atoms with Crippen molar-refractivity contribution in [2.45, 2.75) is 90.7 Å². The highest BCUT2D eigenvalue weighted by molar-refractivity contribution is 4.68. The zero-order valence-corrected chi connectivity index (χ0v) is 13.1. The minimum absolute atomic E-state index is 0.399. The lowest BCUT2D eigenvalue weighted by Crippen LogP contribution is -2.29. The van der Waals surface area contributed by atoms with Gasteiger partial charge in [0.2, 0.25) is 0 Å². The largest absolute Gasteiger partial charge is 0.382 e. The van der Waals surface area contributed by atoms with Gasteiger partial charge in [-0.05, 0) is 32.7 Å². The Kier molecular flexibility index (Phi) is 13.3. The summed E-state index contributed by atoms with van der Waals surface area (Å²) in [7, 11) is 1.81. The van der Waals surface area contributed by atoms with Crippen molar-refractivity contribution in [3.63, 3.8) is 0 Å². The second kappa shape index (κ2) is 13.4. The third-order valence-corrected chi connectivity index (χ3v) is 3.72. The Morgan fingerprint density at radius 1 is 0.889 bits per heavy atom. The SMILES string of the molecule is CCCCCCCCC(CCC(C)OC)NCC. The molecule has 2 unspecified atom stereocenters. The first-order valence-electron chi connectivity index (χ1n) is 8.00. The predicted octanol–water partition coefficient (Wildman–Crippen LogP) is 4.53. The number of unbranched alkanes of at least 4 members (excludes halogenated alkanes) is 5. The van der Waals surface area contributed by atoms with Crippen molar-refractivity contribution in [3.05, 3.63) is 0 Å². The molecule has 0 radical (unpaired) electrons. The summed E-state index contributed by atoms with van der Waals surface area (Å²) in [6.45, 7) is 7.72. The Morgan fingerprint density at radius 3 is 2.17 bits per heavy atom. The number of nitrogens with one attached hydrogen (secondary N) is 1. The van der Waals surface area contributed by atoms with E-state index in [9.17, 15) is 0 Å². The number of hydrogen-bond acceptors (Lipinski definition) is 2. The molecule has 1 N–H and O–H groups in total. The van der Waals surface area contributed by atoms with E-state index in [0.29, 0.717) is 12.1 Å². The number of rotatable bonds is 13. The first kappa shape index (κ1) is 17.9. The molecule has 18 heavy (non-hydrogen) atoms. The molecular weight excluding hydrogens is 222 g/mol. The Morgan fingerprint density at radius 2 is 1.56 bits per heavy atom. The number of hydrogen-bond donors (Lipinski definition) is 1. The van der Waals surface area contributed by atoms with Crippen LogP contribution in [0.25, 0.3) is 0 Å². The van der Waals surface area contributed by atoms with Crippen LogP contribution in [-0.2, 0) is 4.74 Å². The highest BCUT2D eigenvalue weighted by Gasteiger charge is 2.09. The lowest BCUT2D eigenvalue weighted by Gasteiger charge is -2.19. The second-order valence-electron chi connectivity index (χ2n) is 5.43. The summed E-state index contributed by atoms with van der Waals surface area (Å²) in [5, 5.41) is 3.61. The topological polar surface area (TPSA) is 21.3 Å². The van der Waals surface area contributed by atoms with Gasteiger partial charge >= 0.3 is 0 Å². The molecule has 110 valence electrons. The maximum Gasteiger partial charge on any atom is 0.0543 e. The van der Waals surface area contributed by atoms with Crippen LogP contribution >= 0.6 is 0 Å². The zero-order chi connectivity index (χ0) is 13.6. The van der Waals surface area contributed by atoms with Gasteiger partial charge in [0.05, 0.1) is 6.10 Å². The summed E-state index contributed by atoms with van der Waals surface area (Å²) < 4.78 is 5.32. The molecule has 0 aromatic heterocycles. The van der Waals surface area contributed by atoms with Gasteiger partial charge in [-0.2, -0.15) is 0 Å². The molecule has 0 spiro atoms. The fourth-order valence-electron chi connectivity index (χ4n) is 2.36. The summed E-state index contributed by atoms with van der Waals surface area (Å²) in [5.74, 6) is 0. The molecule has 0 bridgehead atoms. The van der Waals surface area contributed by atoms with Crippen molar-refractivity contribution in [2.75, 3.05) is 13.7 Å². The van der Waals surface area contributed by atoms with Crippen molar-refractivity contribution >= 4 is 0 Å². The van der Waals surface area contributed by atoms with Gasteiger partial charge < -0.3 is 10.1 Å². The van der Waals surface area contributed by atoms with E-state index in [0.717, 1.165) is 6.54 Å². The molecule has 0 aliphatic carbocycles. The summed E-state index contributed by atoms with van der Waals surface area (Å²) in [6, 6.07) is 0.693. The van der Waals surface area contributed by atoms with Crippen molar-refractivity contribution < 1.29 is 4.74 Å². The minimum Gasteiger partial charge on any atom is -0.382 e. The Hall–Kier alpha value is -0.0800. The quantitative estimate of drug-likeness (QED) is 0.489. The molecule has 2 heteroatoms. The maximum atomic E-state index is 5.32.